The van der Waals surface area contributed by atoms with Gasteiger partial charge < -0.3 is 15.7 Å². The number of anilines is 1. The molecule has 10 nitrogen and oxygen atoms in total. The molecule has 2 heterocycles. The number of fused-ring (bicyclic) bond motifs is 1. The molecule has 2 aliphatic rings. The van der Waals surface area contributed by atoms with Crippen LogP contribution in [0.4, 0.5) is 5.69 Å². The van der Waals surface area contributed by atoms with Crippen LogP contribution < -0.4 is 16.0 Å². The highest BCUT2D eigenvalue weighted by molar-refractivity contribution is 6.25. The molecule has 0 radical (unpaired) electrons. The number of hydrogen-bond acceptors (Lipinski definition) is 7. The van der Waals surface area contributed by atoms with Crippen LogP contribution in [0.1, 0.15) is 72.1 Å². The zero-order valence-electron chi connectivity index (χ0n) is 18.5. The Balaban J connectivity index is 1.47. The van der Waals surface area contributed by atoms with Crippen molar-refractivity contribution in [2.45, 2.75) is 57.4 Å². The van der Waals surface area contributed by atoms with Crippen molar-refractivity contribution in [1.82, 2.24) is 15.5 Å². The fourth-order valence-corrected chi connectivity index (χ4v) is 4.11. The van der Waals surface area contributed by atoms with Gasteiger partial charge >= 0.3 is 0 Å². The third-order valence-electron chi connectivity index (χ3n) is 5.80. The molecule has 5 amide bonds. The van der Waals surface area contributed by atoms with E-state index in [1.807, 2.05) is 0 Å². The Morgan fingerprint density at radius 2 is 1.79 bits per heavy atom. The Morgan fingerprint density at radius 1 is 1.03 bits per heavy atom. The molecule has 0 bridgehead atoms. The van der Waals surface area contributed by atoms with Gasteiger partial charge in [-0.2, -0.15) is 0 Å². The third kappa shape index (κ3) is 5.95. The number of rotatable bonds is 12. The predicted octanol–water partition coefficient (Wildman–Crippen LogP) is 0.949. The van der Waals surface area contributed by atoms with Crippen LogP contribution in [0.15, 0.2) is 18.2 Å². The molecule has 3 rings (SSSR count). The lowest BCUT2D eigenvalue weighted by Crippen LogP contribution is -2.54. The molecule has 0 saturated carbocycles. The van der Waals surface area contributed by atoms with Gasteiger partial charge in [-0.05, 0) is 31.4 Å². The van der Waals surface area contributed by atoms with E-state index in [0.29, 0.717) is 18.7 Å². The summed E-state index contributed by atoms with van der Waals surface area (Å²) < 4.78 is 0. The lowest BCUT2D eigenvalue weighted by atomic mass is 10.0. The normalized spacial score (nSPS) is 17.7. The highest BCUT2D eigenvalue weighted by atomic mass is 16.3. The van der Waals surface area contributed by atoms with Gasteiger partial charge in [-0.1, -0.05) is 25.3 Å². The summed E-state index contributed by atoms with van der Waals surface area (Å²) in [5.41, 5.74) is 1.08. The smallest absolute Gasteiger partial charge is 0.264 e. The molecule has 1 unspecified atom stereocenters. The number of amides is 5. The van der Waals surface area contributed by atoms with Crippen LogP contribution >= 0.6 is 0 Å². The molecular formula is C23H30N4O6. The van der Waals surface area contributed by atoms with Crippen molar-refractivity contribution >= 4 is 35.2 Å². The number of piperidine rings is 1. The molecule has 0 aliphatic carbocycles. The number of hydrogen-bond donors (Lipinski definition) is 4. The second kappa shape index (κ2) is 11.6. The van der Waals surface area contributed by atoms with Crippen molar-refractivity contribution in [3.8, 4) is 0 Å². The summed E-state index contributed by atoms with van der Waals surface area (Å²) in [6.45, 7) is 0.846. The van der Waals surface area contributed by atoms with Crippen LogP contribution in [0, 0.1) is 0 Å². The zero-order chi connectivity index (χ0) is 23.8. The number of nitrogens with zero attached hydrogens (tertiary/aromatic N) is 1. The first-order valence-electron chi connectivity index (χ1n) is 11.4. The summed E-state index contributed by atoms with van der Waals surface area (Å²) in [5, 5.41) is 16.7. The Morgan fingerprint density at radius 3 is 2.55 bits per heavy atom. The molecule has 1 aromatic carbocycles. The van der Waals surface area contributed by atoms with E-state index in [4.69, 9.17) is 5.11 Å². The quantitative estimate of drug-likeness (QED) is 0.269. The predicted molar refractivity (Wildman–Crippen MR) is 119 cm³/mol. The number of carbonyl (C=O) groups excluding carboxylic acids is 5. The molecule has 1 saturated heterocycles. The van der Waals surface area contributed by atoms with Crippen LogP contribution in [0.25, 0.3) is 0 Å². The Hall–Kier alpha value is -3.27. The Bertz CT molecular complexity index is 932. The van der Waals surface area contributed by atoms with Crippen molar-refractivity contribution < 1.29 is 29.1 Å². The van der Waals surface area contributed by atoms with Gasteiger partial charge in [-0.25, -0.2) is 0 Å². The van der Waals surface area contributed by atoms with Crippen LogP contribution in [-0.4, -0.2) is 65.3 Å². The minimum absolute atomic E-state index is 0.0470. The molecule has 10 heteroatoms. The average molecular weight is 459 g/mol. The fraction of sp³-hybridized carbons (Fsp3) is 0.522. The summed E-state index contributed by atoms with van der Waals surface area (Å²) in [5.74, 6) is -2.11. The van der Waals surface area contributed by atoms with E-state index in [9.17, 15) is 24.0 Å². The minimum Gasteiger partial charge on any atom is -0.395 e. The first-order chi connectivity index (χ1) is 15.9. The number of imide groups is 2. The Kier molecular flexibility index (Phi) is 8.53. The van der Waals surface area contributed by atoms with E-state index >= 15 is 0 Å². The number of aliphatic hydroxyl groups is 1. The van der Waals surface area contributed by atoms with E-state index in [-0.39, 0.29) is 43.0 Å². The maximum absolute atomic E-state index is 13.0. The highest BCUT2D eigenvalue weighted by Gasteiger charge is 2.45. The molecule has 0 spiro atoms. The summed E-state index contributed by atoms with van der Waals surface area (Å²) >= 11 is 0. The van der Waals surface area contributed by atoms with Gasteiger partial charge in [0.05, 0.1) is 17.7 Å². The molecule has 1 fully saturated rings. The monoisotopic (exact) mass is 458 g/mol. The molecule has 178 valence electrons. The molecule has 2 aliphatic heterocycles. The van der Waals surface area contributed by atoms with Crippen molar-refractivity contribution in [2.24, 2.45) is 0 Å². The van der Waals surface area contributed by atoms with Crippen LogP contribution in [0.3, 0.4) is 0 Å². The number of aliphatic hydroxyl groups excluding tert-OH is 1. The summed E-state index contributed by atoms with van der Waals surface area (Å²) in [6, 6.07) is 4.03. The highest BCUT2D eigenvalue weighted by Crippen LogP contribution is 2.32. The number of benzene rings is 1. The lowest BCUT2D eigenvalue weighted by Gasteiger charge is -2.27. The van der Waals surface area contributed by atoms with E-state index in [0.717, 1.165) is 37.0 Å². The second-order valence-electron chi connectivity index (χ2n) is 8.19. The van der Waals surface area contributed by atoms with Gasteiger partial charge in [0.2, 0.25) is 17.7 Å². The molecule has 4 N–H and O–H groups in total. The largest absolute Gasteiger partial charge is 0.395 e. The fourth-order valence-electron chi connectivity index (χ4n) is 4.11. The van der Waals surface area contributed by atoms with Gasteiger partial charge in [-0.15, -0.1) is 0 Å². The molecule has 1 aromatic rings. The lowest BCUT2D eigenvalue weighted by molar-refractivity contribution is -0.136. The maximum atomic E-state index is 13.0. The summed E-state index contributed by atoms with van der Waals surface area (Å²) in [4.78, 5) is 61.9. The number of unbranched alkanes of at least 4 members (excludes halogenated alkanes) is 4. The van der Waals surface area contributed by atoms with E-state index in [1.54, 1.807) is 18.2 Å². The van der Waals surface area contributed by atoms with Crippen molar-refractivity contribution in [1.29, 1.82) is 0 Å². The third-order valence-corrected chi connectivity index (χ3v) is 5.80. The SMILES string of the molecule is O=C(CCCCCCCNc1cccc2c1C(=O)N(C1CCC(=O)NC1=O)C2=O)NCCO. The molecule has 0 aromatic heterocycles. The van der Waals surface area contributed by atoms with Crippen LogP contribution in [-0.2, 0) is 14.4 Å². The van der Waals surface area contributed by atoms with Gasteiger partial charge in [0.25, 0.3) is 11.8 Å². The Labute approximate surface area is 192 Å². The first kappa shape index (κ1) is 24.4. The zero-order valence-corrected chi connectivity index (χ0v) is 18.5. The van der Waals surface area contributed by atoms with Crippen molar-refractivity contribution in [3.63, 3.8) is 0 Å². The molecule has 33 heavy (non-hydrogen) atoms. The van der Waals surface area contributed by atoms with Crippen LogP contribution in [0.2, 0.25) is 0 Å². The van der Waals surface area contributed by atoms with Crippen molar-refractivity contribution in [3.05, 3.63) is 29.3 Å². The van der Waals surface area contributed by atoms with Gasteiger partial charge in [0.1, 0.15) is 6.04 Å². The molecule has 1 atom stereocenters. The number of carbonyl (C=O) groups is 5. The van der Waals surface area contributed by atoms with Gasteiger partial charge in [0, 0.05) is 31.6 Å². The standard InChI is InChI=1S/C23H30N4O6/c28-14-13-25-18(29)9-4-2-1-3-5-12-24-16-8-6-7-15-20(16)23(33)27(22(15)32)17-10-11-19(30)26-21(17)31/h6-8,17,24,28H,1-5,9-14H2,(H,25,29)(H,26,30,31). The first-order valence-corrected chi connectivity index (χ1v) is 11.4. The average Bonchev–Trinajstić information content (AvgIpc) is 3.05. The van der Waals surface area contributed by atoms with Gasteiger partial charge in [0.15, 0.2) is 0 Å². The van der Waals surface area contributed by atoms with Gasteiger partial charge in [-0.3, -0.25) is 34.2 Å². The van der Waals surface area contributed by atoms with Crippen molar-refractivity contribution in [2.75, 3.05) is 25.0 Å². The minimum atomic E-state index is -0.978. The van der Waals surface area contributed by atoms with E-state index in [2.05, 4.69) is 16.0 Å². The topological polar surface area (TPSA) is 145 Å². The van der Waals surface area contributed by atoms with E-state index < -0.39 is 29.7 Å². The second-order valence-corrected chi connectivity index (χ2v) is 8.19. The number of nitrogens with one attached hydrogen (secondary N) is 3. The van der Waals surface area contributed by atoms with Crippen LogP contribution in [0.5, 0.6) is 0 Å². The maximum Gasteiger partial charge on any atom is 0.264 e. The summed E-state index contributed by atoms with van der Waals surface area (Å²) in [6.07, 6.45) is 5.18. The molecular weight excluding hydrogens is 428 g/mol. The summed E-state index contributed by atoms with van der Waals surface area (Å²) in [7, 11) is 0. The van der Waals surface area contributed by atoms with E-state index in [1.165, 1.54) is 0 Å².